The summed E-state index contributed by atoms with van der Waals surface area (Å²) in [7, 11) is 0. The molecule has 0 N–H and O–H groups in total. The Kier molecular flexibility index (Phi) is 4.90. The van der Waals surface area contributed by atoms with Gasteiger partial charge in [0.25, 0.3) is 0 Å². The van der Waals surface area contributed by atoms with E-state index in [4.69, 9.17) is 0 Å². The molecule has 88 valence electrons. The Bertz CT molecular complexity index is 431. The minimum absolute atomic E-state index is 1.09. The van der Waals surface area contributed by atoms with Crippen molar-refractivity contribution in [3.8, 4) is 0 Å². The summed E-state index contributed by atoms with van der Waals surface area (Å²) in [6.45, 7) is 2.30. The zero-order valence-corrected chi connectivity index (χ0v) is 14.6. The van der Waals surface area contributed by atoms with Gasteiger partial charge in [0.2, 0.25) is 0 Å². The topological polar surface area (TPSA) is 0 Å². The Hall–Kier alpha value is -0.0416. The van der Waals surface area contributed by atoms with Gasteiger partial charge in [0.05, 0.1) is 0 Å². The monoisotopic (exact) mass is 414 g/mol. The predicted molar refractivity (Wildman–Crippen MR) is 83.8 cm³/mol. The summed E-state index contributed by atoms with van der Waals surface area (Å²) >= 11 is 5.90. The first-order chi connectivity index (χ1) is 8.20. The molecular weight excluding hydrogens is 403 g/mol. The fraction of sp³-hybridized carbons (Fsp3) is 0.143. The van der Waals surface area contributed by atoms with E-state index in [2.05, 4.69) is 87.3 Å². The Morgan fingerprint density at radius 1 is 0.765 bits per heavy atom. The number of hydrogen-bond acceptors (Lipinski definition) is 0. The Labute approximate surface area is 124 Å². The zero-order chi connectivity index (χ0) is 12.3. The molecule has 0 atom stereocenters. The molecular formula is C14H13AsBr2. The molecule has 3 heteroatoms. The van der Waals surface area contributed by atoms with Crippen LogP contribution in [-0.4, -0.2) is 14.7 Å². The third kappa shape index (κ3) is 3.46. The average molecular weight is 416 g/mol. The van der Waals surface area contributed by atoms with Gasteiger partial charge in [-0.2, -0.15) is 0 Å². The summed E-state index contributed by atoms with van der Waals surface area (Å²) in [4.78, 5) is 0. The molecule has 0 aliphatic carbocycles. The molecule has 2 rings (SSSR count). The standard InChI is InChI=1S/C14H13AsBr2/c1-2-15(11-3-7-13(16)8-4-11)12-5-9-14(17)10-6-12/h3-10H,2H2,1H3. The molecule has 0 unspecified atom stereocenters. The van der Waals surface area contributed by atoms with Crippen molar-refractivity contribution in [1.82, 2.24) is 0 Å². The van der Waals surface area contributed by atoms with E-state index in [1.165, 1.54) is 13.9 Å². The van der Waals surface area contributed by atoms with Crippen LogP contribution in [0.15, 0.2) is 57.5 Å². The van der Waals surface area contributed by atoms with Crippen LogP contribution in [-0.2, 0) is 0 Å². The van der Waals surface area contributed by atoms with Gasteiger partial charge >= 0.3 is 125 Å². The zero-order valence-electron chi connectivity index (χ0n) is 9.53. The molecule has 0 amide bonds. The van der Waals surface area contributed by atoms with Crippen LogP contribution in [0.3, 0.4) is 0 Å². The Balaban J connectivity index is 2.33. The SMILES string of the molecule is CC[As](c1ccc(Br)cc1)c1ccc(Br)cc1. The number of halogens is 2. The summed E-state index contributed by atoms with van der Waals surface area (Å²) in [5.41, 5.74) is 0. The molecule has 0 aromatic heterocycles. The van der Waals surface area contributed by atoms with Crippen LogP contribution in [0.2, 0.25) is 5.21 Å². The summed E-state index contributed by atoms with van der Waals surface area (Å²) in [5, 5.41) is 1.26. The Morgan fingerprint density at radius 2 is 1.12 bits per heavy atom. The molecule has 0 radical (unpaired) electrons. The predicted octanol–water partition coefficient (Wildman–Crippen LogP) is 3.84. The van der Waals surface area contributed by atoms with Gasteiger partial charge in [-0.15, -0.1) is 0 Å². The molecule has 0 fully saturated rings. The molecule has 0 aliphatic heterocycles. The van der Waals surface area contributed by atoms with Gasteiger partial charge in [0, 0.05) is 0 Å². The van der Waals surface area contributed by atoms with Gasteiger partial charge in [-0.05, 0) is 0 Å². The second-order valence-corrected chi connectivity index (χ2v) is 10.8. The van der Waals surface area contributed by atoms with Gasteiger partial charge in [0.15, 0.2) is 0 Å². The van der Waals surface area contributed by atoms with Gasteiger partial charge in [-0.3, -0.25) is 0 Å². The van der Waals surface area contributed by atoms with E-state index in [1.54, 1.807) is 0 Å². The van der Waals surface area contributed by atoms with Crippen molar-refractivity contribution in [2.75, 3.05) is 0 Å². The molecule has 0 saturated heterocycles. The fourth-order valence-electron chi connectivity index (χ4n) is 1.76. The van der Waals surface area contributed by atoms with Gasteiger partial charge in [-0.25, -0.2) is 0 Å². The molecule has 0 heterocycles. The van der Waals surface area contributed by atoms with E-state index in [0.717, 1.165) is 8.95 Å². The van der Waals surface area contributed by atoms with Crippen molar-refractivity contribution >= 4 is 55.2 Å². The molecule has 0 nitrogen and oxygen atoms in total. The molecule has 0 aliphatic rings. The number of rotatable bonds is 3. The van der Waals surface area contributed by atoms with E-state index < -0.39 is 14.7 Å². The quantitative estimate of drug-likeness (QED) is 0.668. The second kappa shape index (κ2) is 6.22. The number of hydrogen-bond donors (Lipinski definition) is 0. The first-order valence-corrected chi connectivity index (χ1v) is 10.3. The van der Waals surface area contributed by atoms with E-state index in [-0.39, 0.29) is 0 Å². The van der Waals surface area contributed by atoms with E-state index in [9.17, 15) is 0 Å². The van der Waals surface area contributed by atoms with Crippen LogP contribution >= 0.6 is 31.9 Å². The minimum atomic E-state index is -1.09. The molecule has 2 aromatic rings. The maximum atomic E-state index is 3.49. The normalized spacial score (nSPS) is 10.8. The van der Waals surface area contributed by atoms with Gasteiger partial charge in [-0.1, -0.05) is 0 Å². The summed E-state index contributed by atoms with van der Waals surface area (Å²) < 4.78 is 5.35. The van der Waals surface area contributed by atoms with Crippen LogP contribution in [0.5, 0.6) is 0 Å². The molecule has 0 spiro atoms. The van der Waals surface area contributed by atoms with Gasteiger partial charge in [0.1, 0.15) is 0 Å². The molecule has 17 heavy (non-hydrogen) atoms. The van der Waals surface area contributed by atoms with Crippen LogP contribution in [0.4, 0.5) is 0 Å². The Morgan fingerprint density at radius 3 is 1.41 bits per heavy atom. The van der Waals surface area contributed by atoms with Crippen molar-refractivity contribution in [2.24, 2.45) is 0 Å². The first-order valence-electron chi connectivity index (χ1n) is 5.49. The van der Waals surface area contributed by atoms with Crippen molar-refractivity contribution < 1.29 is 0 Å². The second-order valence-electron chi connectivity index (χ2n) is 3.70. The van der Waals surface area contributed by atoms with Crippen LogP contribution < -0.4 is 8.70 Å². The number of benzene rings is 2. The first kappa shape index (κ1) is 13.4. The molecule has 0 bridgehead atoms. The van der Waals surface area contributed by atoms with Crippen molar-refractivity contribution in [2.45, 2.75) is 12.1 Å². The third-order valence-electron chi connectivity index (χ3n) is 2.59. The molecule has 0 saturated carbocycles. The molecule has 2 aromatic carbocycles. The van der Waals surface area contributed by atoms with Crippen LogP contribution in [0.1, 0.15) is 6.92 Å². The van der Waals surface area contributed by atoms with Crippen LogP contribution in [0.25, 0.3) is 0 Å². The summed E-state index contributed by atoms with van der Waals surface area (Å²) in [5.74, 6) is 0. The van der Waals surface area contributed by atoms with Gasteiger partial charge < -0.3 is 0 Å². The van der Waals surface area contributed by atoms with Crippen molar-refractivity contribution in [1.29, 1.82) is 0 Å². The van der Waals surface area contributed by atoms with Crippen molar-refractivity contribution in [3.05, 3.63) is 57.5 Å². The maximum absolute atomic E-state index is 3.49. The average Bonchev–Trinajstić information content (AvgIpc) is 2.35. The fourth-order valence-corrected chi connectivity index (χ4v) is 6.58. The summed E-state index contributed by atoms with van der Waals surface area (Å²) in [6.07, 6.45) is 0. The third-order valence-corrected chi connectivity index (χ3v) is 8.84. The van der Waals surface area contributed by atoms with E-state index >= 15 is 0 Å². The van der Waals surface area contributed by atoms with Crippen molar-refractivity contribution in [3.63, 3.8) is 0 Å². The van der Waals surface area contributed by atoms with E-state index in [0.29, 0.717) is 0 Å². The summed E-state index contributed by atoms with van der Waals surface area (Å²) in [6, 6.07) is 17.6. The van der Waals surface area contributed by atoms with E-state index in [1.807, 2.05) is 0 Å². The van der Waals surface area contributed by atoms with Crippen LogP contribution in [0, 0.1) is 0 Å².